The van der Waals surface area contributed by atoms with Gasteiger partial charge in [0.05, 0.1) is 17.0 Å². The number of alkyl halides is 3. The average Bonchev–Trinajstić information content (AvgIpc) is 3.10. The molecule has 0 aliphatic carbocycles. The first kappa shape index (κ1) is 19.1. The number of H-pyrrole nitrogens is 1. The Labute approximate surface area is 166 Å². The van der Waals surface area contributed by atoms with Gasteiger partial charge in [-0.1, -0.05) is 23.7 Å². The molecule has 5 nitrogen and oxygen atoms in total. The van der Waals surface area contributed by atoms with Crippen LogP contribution < -0.4 is 5.56 Å². The van der Waals surface area contributed by atoms with Gasteiger partial charge in [-0.25, -0.2) is 9.97 Å². The third-order valence-corrected chi connectivity index (χ3v) is 5.64. The molecule has 4 rings (SSSR count). The smallest absolute Gasteiger partial charge is 0.303 e. The third-order valence-electron chi connectivity index (χ3n) is 4.44. The zero-order chi connectivity index (χ0) is 19.9. The van der Waals surface area contributed by atoms with Gasteiger partial charge in [0.1, 0.15) is 5.01 Å². The molecule has 3 aromatic rings. The maximum Gasteiger partial charge on any atom is 0.449 e. The molecule has 0 bridgehead atoms. The standard InChI is InChI=1S/C18H14ClF3N4OS/c19-11-3-1-10(2-4-11)16-23-12(9-28-16)7-26-6-5-14-13(8-26)15(27)25-17(24-14)18(20,21)22/h1-4,9H,5-8H2,(H,24,25,27). The van der Waals surface area contributed by atoms with E-state index in [-0.39, 0.29) is 24.2 Å². The summed E-state index contributed by atoms with van der Waals surface area (Å²) in [5.41, 5.74) is 1.57. The molecule has 1 N–H and O–H groups in total. The molecule has 146 valence electrons. The first-order valence-electron chi connectivity index (χ1n) is 8.41. The molecule has 1 aromatic carbocycles. The number of nitrogens with one attached hydrogen (secondary N) is 1. The Hall–Kier alpha value is -2.23. The number of nitrogens with zero attached hydrogens (tertiary/aromatic N) is 3. The van der Waals surface area contributed by atoms with Crippen LogP contribution in [0.15, 0.2) is 34.4 Å². The van der Waals surface area contributed by atoms with E-state index in [2.05, 4.69) is 9.97 Å². The van der Waals surface area contributed by atoms with Crippen LogP contribution in [-0.2, 0) is 25.7 Å². The SMILES string of the molecule is O=c1[nH]c(C(F)(F)F)nc2c1CN(Cc1csc(-c3ccc(Cl)cc3)n1)CC2. The molecule has 0 fully saturated rings. The van der Waals surface area contributed by atoms with Crippen LogP contribution in [0.1, 0.15) is 22.8 Å². The lowest BCUT2D eigenvalue weighted by atomic mass is 10.1. The second-order valence-electron chi connectivity index (χ2n) is 6.45. The predicted octanol–water partition coefficient (Wildman–Crippen LogP) is 4.12. The summed E-state index contributed by atoms with van der Waals surface area (Å²) in [5.74, 6) is -1.24. The molecule has 28 heavy (non-hydrogen) atoms. The first-order valence-corrected chi connectivity index (χ1v) is 9.67. The molecule has 0 saturated heterocycles. The number of rotatable bonds is 3. The first-order chi connectivity index (χ1) is 13.3. The Morgan fingerprint density at radius 1 is 1.21 bits per heavy atom. The highest BCUT2D eigenvalue weighted by molar-refractivity contribution is 7.13. The Bertz CT molecular complexity index is 1060. The molecular formula is C18H14ClF3N4OS. The second kappa shape index (κ2) is 7.31. The predicted molar refractivity (Wildman–Crippen MR) is 100 cm³/mol. The van der Waals surface area contributed by atoms with Gasteiger partial charge in [0, 0.05) is 42.0 Å². The molecule has 1 aliphatic rings. The van der Waals surface area contributed by atoms with E-state index in [0.29, 0.717) is 18.1 Å². The molecule has 0 unspecified atom stereocenters. The van der Waals surface area contributed by atoms with Crippen molar-refractivity contribution in [3.8, 4) is 10.6 Å². The van der Waals surface area contributed by atoms with Crippen molar-refractivity contribution >= 4 is 22.9 Å². The molecule has 0 saturated carbocycles. The molecule has 10 heteroatoms. The molecule has 0 radical (unpaired) electrons. The van der Waals surface area contributed by atoms with Gasteiger partial charge >= 0.3 is 6.18 Å². The molecule has 0 amide bonds. The van der Waals surface area contributed by atoms with E-state index in [1.54, 1.807) is 12.1 Å². The largest absolute Gasteiger partial charge is 0.449 e. The lowest BCUT2D eigenvalue weighted by Crippen LogP contribution is -2.36. The van der Waals surface area contributed by atoms with E-state index in [1.807, 2.05) is 27.4 Å². The van der Waals surface area contributed by atoms with Gasteiger partial charge in [0.2, 0.25) is 5.82 Å². The van der Waals surface area contributed by atoms with E-state index >= 15 is 0 Å². The number of hydrogen-bond acceptors (Lipinski definition) is 5. The highest BCUT2D eigenvalue weighted by Gasteiger charge is 2.36. The van der Waals surface area contributed by atoms with Gasteiger partial charge in [-0.05, 0) is 12.1 Å². The summed E-state index contributed by atoms with van der Waals surface area (Å²) < 4.78 is 38.4. The Balaban J connectivity index is 1.50. The van der Waals surface area contributed by atoms with Crippen molar-refractivity contribution in [3.05, 3.63) is 67.8 Å². The number of benzene rings is 1. The van der Waals surface area contributed by atoms with Crippen molar-refractivity contribution < 1.29 is 13.2 Å². The second-order valence-corrected chi connectivity index (χ2v) is 7.74. The molecule has 1 aliphatic heterocycles. The quantitative estimate of drug-likeness (QED) is 0.684. The van der Waals surface area contributed by atoms with Crippen LogP contribution in [0, 0.1) is 0 Å². The summed E-state index contributed by atoms with van der Waals surface area (Å²) in [6.07, 6.45) is -4.37. The maximum absolute atomic E-state index is 12.8. The van der Waals surface area contributed by atoms with Crippen molar-refractivity contribution in [1.82, 2.24) is 19.9 Å². The minimum Gasteiger partial charge on any atom is -0.303 e. The summed E-state index contributed by atoms with van der Waals surface area (Å²) in [6, 6.07) is 7.39. The van der Waals surface area contributed by atoms with Crippen molar-refractivity contribution in [2.24, 2.45) is 0 Å². The Kier molecular flexibility index (Phi) is 4.98. The van der Waals surface area contributed by atoms with Crippen LogP contribution in [0.25, 0.3) is 10.6 Å². The van der Waals surface area contributed by atoms with Crippen molar-refractivity contribution in [2.75, 3.05) is 6.54 Å². The maximum atomic E-state index is 12.8. The average molecular weight is 427 g/mol. The zero-order valence-corrected chi connectivity index (χ0v) is 16.0. The van der Waals surface area contributed by atoms with Crippen LogP contribution in [0.5, 0.6) is 0 Å². The molecular weight excluding hydrogens is 413 g/mol. The molecule has 3 heterocycles. The van der Waals surface area contributed by atoms with Gasteiger partial charge < -0.3 is 4.98 Å². The van der Waals surface area contributed by atoms with Crippen LogP contribution in [0.4, 0.5) is 13.2 Å². The molecule has 2 aromatic heterocycles. The van der Waals surface area contributed by atoms with E-state index in [4.69, 9.17) is 11.6 Å². The Morgan fingerprint density at radius 3 is 2.68 bits per heavy atom. The third kappa shape index (κ3) is 3.96. The number of thiazole rings is 1. The van der Waals surface area contributed by atoms with E-state index in [0.717, 1.165) is 16.3 Å². The van der Waals surface area contributed by atoms with Crippen LogP contribution in [0.3, 0.4) is 0 Å². The molecule has 0 spiro atoms. The van der Waals surface area contributed by atoms with Gasteiger partial charge in [-0.15, -0.1) is 11.3 Å². The number of aromatic nitrogens is 3. The monoisotopic (exact) mass is 426 g/mol. The van der Waals surface area contributed by atoms with Crippen molar-refractivity contribution in [1.29, 1.82) is 0 Å². The normalized spacial score (nSPS) is 14.9. The summed E-state index contributed by atoms with van der Waals surface area (Å²) in [6.45, 7) is 1.25. The zero-order valence-electron chi connectivity index (χ0n) is 14.4. The van der Waals surface area contributed by atoms with Crippen molar-refractivity contribution in [3.63, 3.8) is 0 Å². The van der Waals surface area contributed by atoms with E-state index in [9.17, 15) is 18.0 Å². The van der Waals surface area contributed by atoms with Crippen LogP contribution >= 0.6 is 22.9 Å². The summed E-state index contributed by atoms with van der Waals surface area (Å²) in [7, 11) is 0. The van der Waals surface area contributed by atoms with Gasteiger partial charge in [-0.2, -0.15) is 13.2 Å². The van der Waals surface area contributed by atoms with Crippen LogP contribution in [0.2, 0.25) is 5.02 Å². The topological polar surface area (TPSA) is 61.9 Å². The number of fused-ring (bicyclic) bond motifs is 1. The lowest BCUT2D eigenvalue weighted by molar-refractivity contribution is -0.145. The van der Waals surface area contributed by atoms with E-state index < -0.39 is 17.6 Å². The fourth-order valence-corrected chi connectivity index (χ4v) is 4.03. The highest BCUT2D eigenvalue weighted by atomic mass is 35.5. The fourth-order valence-electron chi connectivity index (χ4n) is 3.08. The van der Waals surface area contributed by atoms with E-state index in [1.165, 1.54) is 11.3 Å². The number of hydrogen-bond donors (Lipinski definition) is 1. The highest BCUT2D eigenvalue weighted by Crippen LogP contribution is 2.28. The van der Waals surface area contributed by atoms with Gasteiger partial charge in [-0.3, -0.25) is 9.69 Å². The summed E-state index contributed by atoms with van der Waals surface area (Å²) >= 11 is 7.41. The number of aromatic amines is 1. The fraction of sp³-hybridized carbons (Fsp3) is 0.278. The number of halogens is 4. The van der Waals surface area contributed by atoms with Gasteiger partial charge in [0.15, 0.2) is 0 Å². The Morgan fingerprint density at radius 2 is 1.96 bits per heavy atom. The van der Waals surface area contributed by atoms with Gasteiger partial charge in [0.25, 0.3) is 5.56 Å². The summed E-state index contributed by atoms with van der Waals surface area (Å²) in [5, 5.41) is 3.45. The minimum atomic E-state index is -4.66. The minimum absolute atomic E-state index is 0.215. The van der Waals surface area contributed by atoms with Crippen LogP contribution in [-0.4, -0.2) is 26.4 Å². The van der Waals surface area contributed by atoms with Crippen molar-refractivity contribution in [2.45, 2.75) is 25.7 Å². The lowest BCUT2D eigenvalue weighted by Gasteiger charge is -2.27. The molecule has 0 atom stereocenters. The summed E-state index contributed by atoms with van der Waals surface area (Å²) in [4.78, 5) is 24.1.